The number of carbonyl (C=O) groups excluding carboxylic acids is 1. The predicted molar refractivity (Wildman–Crippen MR) is 158 cm³/mol. The maximum atomic E-state index is 16.6. The highest BCUT2D eigenvalue weighted by atomic mass is 35.5. The SMILES string of the molecule is CN(C)C1CN(c2nc(C3CN(C(=O)OC(C)(C)C)C3)c3cc(Cl)c(-c4cccc5ccccc45)c(F)c3n2)C1. The van der Waals surface area contributed by atoms with Crippen LogP contribution in [-0.4, -0.2) is 77.8 Å². The van der Waals surface area contributed by atoms with Crippen LogP contribution in [-0.2, 0) is 4.74 Å². The molecule has 0 bridgehead atoms. The standard InChI is InChI=1S/C31H33ClFN5O2/c1-31(2,3)40-30(39)38-14-19(15-38)27-23-13-24(32)25(22-12-8-10-18-9-6-7-11-21(18)22)26(33)28(23)35-29(34-27)37-16-20(17-37)36(4)5/h6-13,19-20H,14-17H2,1-5H3. The van der Waals surface area contributed by atoms with Crippen molar-refractivity contribution >= 4 is 45.3 Å². The molecule has 0 radical (unpaired) electrons. The van der Waals surface area contributed by atoms with Crippen molar-refractivity contribution in [2.75, 3.05) is 45.2 Å². The molecule has 4 aromatic rings. The lowest BCUT2D eigenvalue weighted by atomic mass is 9.91. The van der Waals surface area contributed by atoms with Crippen LogP contribution in [0.1, 0.15) is 32.4 Å². The van der Waals surface area contributed by atoms with E-state index in [1.807, 2.05) is 77.3 Å². The number of amides is 1. The van der Waals surface area contributed by atoms with E-state index in [-0.39, 0.29) is 17.5 Å². The molecule has 2 aliphatic heterocycles. The van der Waals surface area contributed by atoms with Crippen LogP contribution in [0.15, 0.2) is 48.5 Å². The number of benzene rings is 3. The summed E-state index contributed by atoms with van der Waals surface area (Å²) in [6, 6.07) is 15.9. The van der Waals surface area contributed by atoms with Gasteiger partial charge in [-0.1, -0.05) is 54.1 Å². The van der Waals surface area contributed by atoms with Gasteiger partial charge in [0.25, 0.3) is 0 Å². The summed E-state index contributed by atoms with van der Waals surface area (Å²) in [4.78, 5) is 28.2. The Morgan fingerprint density at radius 3 is 2.42 bits per heavy atom. The number of anilines is 1. The van der Waals surface area contributed by atoms with Crippen molar-refractivity contribution in [3.63, 3.8) is 0 Å². The molecule has 0 unspecified atom stereocenters. The smallest absolute Gasteiger partial charge is 0.410 e. The van der Waals surface area contributed by atoms with E-state index in [0.717, 1.165) is 29.4 Å². The third-order valence-corrected chi connectivity index (χ3v) is 8.05. The molecule has 9 heteroatoms. The third kappa shape index (κ3) is 4.73. The van der Waals surface area contributed by atoms with E-state index in [1.165, 1.54) is 0 Å². The number of likely N-dealkylation sites (tertiary alicyclic amines) is 1. The van der Waals surface area contributed by atoms with Crippen LogP contribution in [0, 0.1) is 5.82 Å². The van der Waals surface area contributed by atoms with Crippen LogP contribution in [0.4, 0.5) is 15.1 Å². The number of ether oxygens (including phenoxy) is 1. The highest BCUT2D eigenvalue weighted by Gasteiger charge is 2.38. The lowest BCUT2D eigenvalue weighted by molar-refractivity contribution is 0.00799. The van der Waals surface area contributed by atoms with Gasteiger partial charge in [-0.15, -0.1) is 0 Å². The first kappa shape index (κ1) is 26.7. The minimum absolute atomic E-state index is 0.0819. The van der Waals surface area contributed by atoms with Gasteiger partial charge in [0.2, 0.25) is 5.95 Å². The topological polar surface area (TPSA) is 61.8 Å². The zero-order valence-corrected chi connectivity index (χ0v) is 24.2. The van der Waals surface area contributed by atoms with Gasteiger partial charge >= 0.3 is 6.09 Å². The second-order valence-electron chi connectivity index (χ2n) is 12.0. The first-order valence-corrected chi connectivity index (χ1v) is 13.9. The number of hydrogen-bond donors (Lipinski definition) is 0. The first-order chi connectivity index (χ1) is 19.0. The molecule has 0 saturated carbocycles. The summed E-state index contributed by atoms with van der Waals surface area (Å²) < 4.78 is 22.1. The van der Waals surface area contributed by atoms with Gasteiger partial charge in [-0.3, -0.25) is 0 Å². The normalized spacial score (nSPS) is 16.5. The second kappa shape index (κ2) is 9.85. The molecule has 3 aromatic carbocycles. The Balaban J connectivity index is 1.44. The lowest BCUT2D eigenvalue weighted by Gasteiger charge is -2.43. The molecule has 40 heavy (non-hydrogen) atoms. The monoisotopic (exact) mass is 561 g/mol. The van der Waals surface area contributed by atoms with Gasteiger partial charge in [0, 0.05) is 49.1 Å². The average molecular weight is 562 g/mol. The minimum Gasteiger partial charge on any atom is -0.444 e. The van der Waals surface area contributed by atoms with Crippen molar-refractivity contribution < 1.29 is 13.9 Å². The number of carbonyl (C=O) groups is 1. The van der Waals surface area contributed by atoms with Crippen LogP contribution in [0.5, 0.6) is 0 Å². The van der Waals surface area contributed by atoms with Crippen LogP contribution >= 0.6 is 11.6 Å². The van der Waals surface area contributed by atoms with Gasteiger partial charge < -0.3 is 19.4 Å². The number of halogens is 2. The van der Waals surface area contributed by atoms with Crippen LogP contribution in [0.2, 0.25) is 5.02 Å². The highest BCUT2D eigenvalue weighted by Crippen LogP contribution is 2.42. The lowest BCUT2D eigenvalue weighted by Crippen LogP contribution is -2.58. The highest BCUT2D eigenvalue weighted by molar-refractivity contribution is 6.34. The second-order valence-corrected chi connectivity index (χ2v) is 12.4. The van der Waals surface area contributed by atoms with Gasteiger partial charge in [0.1, 0.15) is 11.1 Å². The maximum absolute atomic E-state index is 16.6. The van der Waals surface area contributed by atoms with E-state index in [4.69, 9.17) is 26.3 Å². The molecule has 1 amide bonds. The number of fused-ring (bicyclic) bond motifs is 2. The minimum atomic E-state index is -0.577. The molecule has 2 aliphatic rings. The molecule has 0 N–H and O–H groups in total. The van der Waals surface area contributed by atoms with Gasteiger partial charge in [-0.2, -0.15) is 0 Å². The van der Waals surface area contributed by atoms with Gasteiger partial charge in [0.05, 0.1) is 10.7 Å². The van der Waals surface area contributed by atoms with Gasteiger partial charge in [-0.05, 0) is 57.3 Å². The molecule has 7 nitrogen and oxygen atoms in total. The summed E-state index contributed by atoms with van der Waals surface area (Å²) in [5.41, 5.74) is 1.43. The fraction of sp³-hybridized carbons (Fsp3) is 0.387. The Hall–Kier alpha value is -3.49. The van der Waals surface area contributed by atoms with E-state index < -0.39 is 11.4 Å². The van der Waals surface area contributed by atoms with Crippen molar-refractivity contribution in [3.05, 3.63) is 65.1 Å². The fourth-order valence-electron chi connectivity index (χ4n) is 5.42. The number of likely N-dealkylation sites (N-methyl/N-ethyl adjacent to an activating group) is 1. The van der Waals surface area contributed by atoms with Crippen LogP contribution in [0.3, 0.4) is 0 Å². The van der Waals surface area contributed by atoms with Crippen molar-refractivity contribution in [2.45, 2.75) is 38.3 Å². The fourth-order valence-corrected chi connectivity index (χ4v) is 5.72. The van der Waals surface area contributed by atoms with Crippen molar-refractivity contribution in [1.82, 2.24) is 19.8 Å². The average Bonchev–Trinajstić information content (AvgIpc) is 2.81. The Labute approximate surface area is 238 Å². The largest absolute Gasteiger partial charge is 0.444 e. The van der Waals surface area contributed by atoms with E-state index in [1.54, 1.807) is 11.0 Å². The molecule has 0 atom stereocenters. The van der Waals surface area contributed by atoms with E-state index in [2.05, 4.69) is 9.80 Å². The summed E-state index contributed by atoms with van der Waals surface area (Å²) in [7, 11) is 4.10. The zero-order chi connectivity index (χ0) is 28.3. The van der Waals surface area contributed by atoms with Crippen molar-refractivity contribution in [3.8, 4) is 11.1 Å². The molecule has 2 saturated heterocycles. The zero-order valence-electron chi connectivity index (χ0n) is 23.4. The molecule has 1 aromatic heterocycles. The maximum Gasteiger partial charge on any atom is 0.410 e. The van der Waals surface area contributed by atoms with Crippen LogP contribution < -0.4 is 4.90 Å². The van der Waals surface area contributed by atoms with Gasteiger partial charge in [0.15, 0.2) is 5.82 Å². The van der Waals surface area contributed by atoms with Crippen LogP contribution in [0.25, 0.3) is 32.8 Å². The quantitative estimate of drug-likeness (QED) is 0.290. The Kier molecular flexibility index (Phi) is 6.58. The molecular formula is C31H33ClFN5O2. The van der Waals surface area contributed by atoms with E-state index in [9.17, 15) is 4.79 Å². The van der Waals surface area contributed by atoms with Gasteiger partial charge in [-0.25, -0.2) is 19.2 Å². The summed E-state index contributed by atoms with van der Waals surface area (Å²) >= 11 is 6.83. The number of hydrogen-bond acceptors (Lipinski definition) is 6. The molecule has 6 rings (SSSR count). The summed E-state index contributed by atoms with van der Waals surface area (Å²) in [6.45, 7) is 7.93. The summed E-state index contributed by atoms with van der Waals surface area (Å²) in [5.74, 6) is -0.0419. The molecular weight excluding hydrogens is 529 g/mol. The number of aromatic nitrogens is 2. The number of rotatable bonds is 4. The van der Waals surface area contributed by atoms with E-state index in [0.29, 0.717) is 46.7 Å². The molecule has 208 valence electrons. The predicted octanol–water partition coefficient (Wildman–Crippen LogP) is 6.33. The third-order valence-electron chi connectivity index (χ3n) is 7.75. The number of nitrogens with zero attached hydrogens (tertiary/aromatic N) is 5. The molecule has 2 fully saturated rings. The van der Waals surface area contributed by atoms with E-state index >= 15 is 4.39 Å². The van der Waals surface area contributed by atoms with Crippen molar-refractivity contribution in [1.29, 1.82) is 0 Å². The Morgan fingerprint density at radius 2 is 1.73 bits per heavy atom. The first-order valence-electron chi connectivity index (χ1n) is 13.6. The molecule has 3 heterocycles. The Morgan fingerprint density at radius 1 is 1.02 bits per heavy atom. The summed E-state index contributed by atoms with van der Waals surface area (Å²) in [6.07, 6.45) is -0.360. The molecule has 0 spiro atoms. The summed E-state index contributed by atoms with van der Waals surface area (Å²) in [5, 5.41) is 2.81. The Bertz CT molecular complexity index is 1620. The van der Waals surface area contributed by atoms with Crippen molar-refractivity contribution in [2.24, 2.45) is 0 Å². The molecule has 0 aliphatic carbocycles.